The zero-order valence-electron chi connectivity index (χ0n) is 14.5. The highest BCUT2D eigenvalue weighted by Crippen LogP contribution is 2.47. The molecule has 1 heterocycles. The average molecular weight is 372 g/mol. The number of methoxy groups -OCH3 is 3. The van der Waals surface area contributed by atoms with Crippen LogP contribution < -0.4 is 14.2 Å². The fraction of sp³-hybridized carbons (Fsp3) is 0.150. The number of carbonyl (C=O) groups is 1. The minimum atomic E-state index is -0.456. The summed E-state index contributed by atoms with van der Waals surface area (Å²) in [6.07, 6.45) is 0.645. The minimum Gasteiger partial charge on any atom is -0.493 e. The van der Waals surface area contributed by atoms with Crippen molar-refractivity contribution in [1.82, 2.24) is 0 Å². The smallest absolute Gasteiger partial charge is 0.203 e. The molecule has 0 saturated heterocycles. The van der Waals surface area contributed by atoms with Crippen molar-refractivity contribution >= 4 is 17.6 Å². The Morgan fingerprint density at radius 3 is 2.27 bits per heavy atom. The van der Waals surface area contributed by atoms with Gasteiger partial charge in [-0.1, -0.05) is 12.1 Å². The van der Waals surface area contributed by atoms with Gasteiger partial charge in [-0.05, 0) is 40.1 Å². The highest BCUT2D eigenvalue weighted by molar-refractivity contribution is 7.08. The maximum absolute atomic E-state index is 14.9. The van der Waals surface area contributed by atoms with E-state index in [9.17, 15) is 9.18 Å². The first kappa shape index (κ1) is 17.9. The lowest BCUT2D eigenvalue weighted by atomic mass is 9.95. The van der Waals surface area contributed by atoms with Gasteiger partial charge in [-0.3, -0.25) is 4.79 Å². The third kappa shape index (κ3) is 3.04. The van der Waals surface area contributed by atoms with Gasteiger partial charge in [0, 0.05) is 16.7 Å². The van der Waals surface area contributed by atoms with Crippen LogP contribution in [0.15, 0.2) is 41.1 Å². The van der Waals surface area contributed by atoms with Crippen molar-refractivity contribution in [1.29, 1.82) is 0 Å². The molecule has 1 aromatic heterocycles. The van der Waals surface area contributed by atoms with E-state index < -0.39 is 5.82 Å². The Hall–Kier alpha value is -2.86. The van der Waals surface area contributed by atoms with Crippen molar-refractivity contribution in [2.75, 3.05) is 21.3 Å². The van der Waals surface area contributed by atoms with Crippen molar-refractivity contribution in [3.8, 4) is 39.5 Å². The van der Waals surface area contributed by atoms with Crippen LogP contribution in [-0.4, -0.2) is 27.6 Å². The Balaban J connectivity index is 2.24. The van der Waals surface area contributed by atoms with Crippen LogP contribution in [0.25, 0.3) is 22.3 Å². The molecule has 0 fully saturated rings. The first-order valence-corrected chi connectivity index (χ1v) is 8.69. The second-order valence-electron chi connectivity index (χ2n) is 5.43. The molecule has 0 radical (unpaired) electrons. The fourth-order valence-corrected chi connectivity index (χ4v) is 3.54. The number of carbonyl (C=O) groups excluding carboxylic acids is 1. The summed E-state index contributed by atoms with van der Waals surface area (Å²) < 4.78 is 31.0. The van der Waals surface area contributed by atoms with Crippen molar-refractivity contribution in [2.24, 2.45) is 0 Å². The highest BCUT2D eigenvalue weighted by atomic mass is 32.1. The van der Waals surface area contributed by atoms with Crippen molar-refractivity contribution in [2.45, 2.75) is 0 Å². The molecular formula is C20H17FO4S. The van der Waals surface area contributed by atoms with Gasteiger partial charge in [0.15, 0.2) is 17.8 Å². The molecule has 26 heavy (non-hydrogen) atoms. The average Bonchev–Trinajstić information content (AvgIpc) is 3.21. The molecule has 0 amide bonds. The number of rotatable bonds is 6. The van der Waals surface area contributed by atoms with Gasteiger partial charge < -0.3 is 14.2 Å². The van der Waals surface area contributed by atoms with E-state index >= 15 is 0 Å². The van der Waals surface area contributed by atoms with E-state index in [1.165, 1.54) is 33.5 Å². The standard InChI is InChI=1S/C20H17FO4S/c1-23-17-9-14(10-22)18(20(25-3)19(17)24-2)15-5-4-12(8-16(15)21)13-6-7-26-11-13/h4-11H,1-3H3. The van der Waals surface area contributed by atoms with Gasteiger partial charge in [-0.15, -0.1) is 0 Å². The summed E-state index contributed by atoms with van der Waals surface area (Å²) in [5.74, 6) is 0.431. The normalized spacial score (nSPS) is 10.5. The van der Waals surface area contributed by atoms with Crippen molar-refractivity contribution in [3.63, 3.8) is 0 Å². The maximum Gasteiger partial charge on any atom is 0.203 e. The van der Waals surface area contributed by atoms with Crippen LogP contribution >= 0.6 is 11.3 Å². The summed E-state index contributed by atoms with van der Waals surface area (Å²) in [4.78, 5) is 11.6. The molecule has 0 atom stereocenters. The summed E-state index contributed by atoms with van der Waals surface area (Å²) >= 11 is 1.54. The molecule has 0 aliphatic carbocycles. The third-order valence-electron chi connectivity index (χ3n) is 4.08. The van der Waals surface area contributed by atoms with Crippen molar-refractivity contribution < 1.29 is 23.4 Å². The number of benzene rings is 2. The lowest BCUT2D eigenvalue weighted by Crippen LogP contribution is -2.01. The van der Waals surface area contributed by atoms with Gasteiger partial charge in [0.1, 0.15) is 5.82 Å². The highest BCUT2D eigenvalue weighted by Gasteiger charge is 2.23. The Morgan fingerprint density at radius 1 is 0.962 bits per heavy atom. The Kier molecular flexibility index (Phi) is 5.23. The van der Waals surface area contributed by atoms with E-state index in [1.54, 1.807) is 17.4 Å². The number of thiophene rings is 1. The van der Waals surface area contributed by atoms with Crippen LogP contribution in [0.5, 0.6) is 17.2 Å². The Morgan fingerprint density at radius 2 is 1.73 bits per heavy atom. The molecule has 6 heteroatoms. The Labute approximate surface area is 154 Å². The number of ether oxygens (including phenoxy) is 3. The third-order valence-corrected chi connectivity index (χ3v) is 4.76. The molecule has 0 aliphatic heterocycles. The molecule has 0 aliphatic rings. The lowest BCUT2D eigenvalue weighted by molar-refractivity contribution is 0.112. The van der Waals surface area contributed by atoms with Crippen LogP contribution in [0.1, 0.15) is 10.4 Å². The Bertz CT molecular complexity index is 935. The van der Waals surface area contributed by atoms with Crippen LogP contribution in [0.2, 0.25) is 0 Å². The number of aldehydes is 1. The largest absolute Gasteiger partial charge is 0.493 e. The number of hydrogen-bond acceptors (Lipinski definition) is 5. The van der Waals surface area contributed by atoms with E-state index in [1.807, 2.05) is 22.9 Å². The summed E-state index contributed by atoms with van der Waals surface area (Å²) in [7, 11) is 4.36. The first-order chi connectivity index (χ1) is 12.6. The predicted octanol–water partition coefficient (Wildman–Crippen LogP) is 5.06. The zero-order chi connectivity index (χ0) is 18.7. The number of hydrogen-bond donors (Lipinski definition) is 0. The molecule has 0 spiro atoms. The van der Waals surface area contributed by atoms with E-state index in [4.69, 9.17) is 14.2 Å². The maximum atomic E-state index is 14.9. The zero-order valence-corrected chi connectivity index (χ0v) is 15.4. The van der Waals surface area contributed by atoms with E-state index in [0.717, 1.165) is 11.1 Å². The second-order valence-corrected chi connectivity index (χ2v) is 6.21. The summed E-state index contributed by atoms with van der Waals surface area (Å²) in [5.41, 5.74) is 2.54. The second kappa shape index (κ2) is 7.58. The molecule has 134 valence electrons. The molecular weight excluding hydrogens is 355 g/mol. The van der Waals surface area contributed by atoms with Crippen LogP contribution in [-0.2, 0) is 0 Å². The SMILES string of the molecule is COc1cc(C=O)c(-c2ccc(-c3ccsc3)cc2F)c(OC)c1OC. The van der Waals surface area contributed by atoms with Gasteiger partial charge >= 0.3 is 0 Å². The molecule has 0 saturated carbocycles. The summed E-state index contributed by atoms with van der Waals surface area (Å²) in [5, 5.41) is 3.88. The van der Waals surface area contributed by atoms with Gasteiger partial charge in [0.25, 0.3) is 0 Å². The van der Waals surface area contributed by atoms with Gasteiger partial charge in [-0.2, -0.15) is 11.3 Å². The van der Waals surface area contributed by atoms with Gasteiger partial charge in [-0.25, -0.2) is 4.39 Å². The summed E-state index contributed by atoms with van der Waals surface area (Å²) in [6, 6.07) is 8.33. The molecule has 0 bridgehead atoms. The molecule has 0 N–H and O–H groups in total. The van der Waals surface area contributed by atoms with Crippen molar-refractivity contribution in [3.05, 3.63) is 52.5 Å². The van der Waals surface area contributed by atoms with E-state index in [2.05, 4.69) is 0 Å². The molecule has 3 rings (SSSR count). The van der Waals surface area contributed by atoms with E-state index in [0.29, 0.717) is 23.3 Å². The fourth-order valence-electron chi connectivity index (χ4n) is 2.87. The topological polar surface area (TPSA) is 44.8 Å². The number of halogens is 1. The molecule has 0 unspecified atom stereocenters. The molecule has 2 aromatic carbocycles. The molecule has 4 nitrogen and oxygen atoms in total. The molecule has 3 aromatic rings. The van der Waals surface area contributed by atoms with Gasteiger partial charge in [0.2, 0.25) is 5.75 Å². The van der Waals surface area contributed by atoms with Gasteiger partial charge in [0.05, 0.1) is 21.3 Å². The minimum absolute atomic E-state index is 0.246. The first-order valence-electron chi connectivity index (χ1n) is 7.75. The summed E-state index contributed by atoms with van der Waals surface area (Å²) in [6.45, 7) is 0. The van der Waals surface area contributed by atoms with Crippen LogP contribution in [0.4, 0.5) is 4.39 Å². The van der Waals surface area contributed by atoms with E-state index in [-0.39, 0.29) is 16.9 Å². The quantitative estimate of drug-likeness (QED) is 0.568. The van der Waals surface area contributed by atoms with Crippen LogP contribution in [0, 0.1) is 5.82 Å². The predicted molar refractivity (Wildman–Crippen MR) is 100 cm³/mol. The monoisotopic (exact) mass is 372 g/mol. The van der Waals surface area contributed by atoms with Crippen LogP contribution in [0.3, 0.4) is 0 Å². The lowest BCUT2D eigenvalue weighted by Gasteiger charge is -2.18.